The van der Waals surface area contributed by atoms with Gasteiger partial charge in [-0.15, -0.1) is 0 Å². The number of aryl methyl sites for hydroxylation is 1. The molecule has 33 heavy (non-hydrogen) atoms. The van der Waals surface area contributed by atoms with Crippen molar-refractivity contribution in [3.63, 3.8) is 0 Å². The van der Waals surface area contributed by atoms with E-state index in [2.05, 4.69) is 15.6 Å². The molecular weight excluding hydrogens is 444 g/mol. The minimum Gasteiger partial charge on any atom is -0.482 e. The average molecular weight is 465 g/mol. The zero-order valence-electron chi connectivity index (χ0n) is 17.5. The predicted octanol–water partition coefficient (Wildman–Crippen LogP) is 2.51. The number of para-hydroxylation sites is 1. The van der Waals surface area contributed by atoms with E-state index in [-0.39, 0.29) is 27.5 Å². The lowest BCUT2D eigenvalue weighted by Crippen LogP contribution is -2.43. The van der Waals surface area contributed by atoms with Gasteiger partial charge in [-0.05, 0) is 49.4 Å². The molecule has 2 amide bonds. The maximum atomic E-state index is 12.5. The summed E-state index contributed by atoms with van der Waals surface area (Å²) >= 11 is 0. The SMILES string of the molecule is Cc1ccc(S(=O)(=O)Nc2cccc(C(=O)NNC(=O)COc3ccccc3C#N)c2)cc1. The highest BCUT2D eigenvalue weighted by Gasteiger charge is 2.15. The number of nitriles is 1. The number of rotatable bonds is 7. The van der Waals surface area contributed by atoms with E-state index in [4.69, 9.17) is 10.00 Å². The van der Waals surface area contributed by atoms with Crippen molar-refractivity contribution in [2.45, 2.75) is 11.8 Å². The summed E-state index contributed by atoms with van der Waals surface area (Å²) < 4.78 is 32.8. The topological polar surface area (TPSA) is 137 Å². The summed E-state index contributed by atoms with van der Waals surface area (Å²) in [5, 5.41) is 9.02. The van der Waals surface area contributed by atoms with Gasteiger partial charge in [0.25, 0.3) is 21.8 Å². The van der Waals surface area contributed by atoms with Crippen molar-refractivity contribution in [3.05, 3.63) is 89.5 Å². The predicted molar refractivity (Wildman–Crippen MR) is 121 cm³/mol. The highest BCUT2D eigenvalue weighted by Crippen LogP contribution is 2.18. The van der Waals surface area contributed by atoms with E-state index in [0.29, 0.717) is 0 Å². The van der Waals surface area contributed by atoms with E-state index < -0.39 is 28.4 Å². The molecule has 168 valence electrons. The van der Waals surface area contributed by atoms with Crippen LogP contribution in [0.4, 0.5) is 5.69 Å². The molecular formula is C23H20N4O5S. The molecule has 3 N–H and O–H groups in total. The van der Waals surface area contributed by atoms with Crippen LogP contribution in [0.2, 0.25) is 0 Å². The molecule has 0 fully saturated rings. The van der Waals surface area contributed by atoms with Crippen molar-refractivity contribution >= 4 is 27.5 Å². The van der Waals surface area contributed by atoms with E-state index >= 15 is 0 Å². The van der Waals surface area contributed by atoms with Gasteiger partial charge in [-0.25, -0.2) is 8.42 Å². The molecule has 0 unspecified atom stereocenters. The van der Waals surface area contributed by atoms with Gasteiger partial charge in [0.15, 0.2) is 6.61 Å². The number of nitrogens with one attached hydrogen (secondary N) is 3. The maximum absolute atomic E-state index is 12.5. The van der Waals surface area contributed by atoms with Crippen molar-refractivity contribution in [1.82, 2.24) is 10.9 Å². The van der Waals surface area contributed by atoms with Crippen molar-refractivity contribution in [3.8, 4) is 11.8 Å². The maximum Gasteiger partial charge on any atom is 0.276 e. The number of carbonyl (C=O) groups is 2. The summed E-state index contributed by atoms with van der Waals surface area (Å²) in [7, 11) is -3.83. The third-order valence-electron chi connectivity index (χ3n) is 4.39. The zero-order chi connectivity index (χ0) is 23.8. The fraction of sp³-hybridized carbons (Fsp3) is 0.0870. The normalized spacial score (nSPS) is 10.5. The first-order valence-electron chi connectivity index (χ1n) is 9.69. The monoisotopic (exact) mass is 464 g/mol. The quantitative estimate of drug-likeness (QED) is 0.460. The fourth-order valence-electron chi connectivity index (χ4n) is 2.72. The Morgan fingerprint density at radius 1 is 0.970 bits per heavy atom. The third-order valence-corrected chi connectivity index (χ3v) is 5.79. The number of hydrazine groups is 1. The summed E-state index contributed by atoms with van der Waals surface area (Å²) in [5.74, 6) is -1.06. The second-order valence-electron chi connectivity index (χ2n) is 6.90. The summed E-state index contributed by atoms with van der Waals surface area (Å²) in [5.41, 5.74) is 5.94. The molecule has 0 atom stereocenters. The summed E-state index contributed by atoms with van der Waals surface area (Å²) in [6.07, 6.45) is 0. The Morgan fingerprint density at radius 3 is 2.42 bits per heavy atom. The number of nitrogens with zero attached hydrogens (tertiary/aromatic N) is 1. The van der Waals surface area contributed by atoms with E-state index in [9.17, 15) is 18.0 Å². The number of hydrogen-bond donors (Lipinski definition) is 3. The smallest absolute Gasteiger partial charge is 0.276 e. The number of anilines is 1. The first-order chi connectivity index (χ1) is 15.8. The second-order valence-corrected chi connectivity index (χ2v) is 8.58. The molecule has 3 aromatic carbocycles. The first kappa shape index (κ1) is 23.3. The van der Waals surface area contributed by atoms with Crippen molar-refractivity contribution in [2.75, 3.05) is 11.3 Å². The Morgan fingerprint density at radius 2 is 1.70 bits per heavy atom. The van der Waals surface area contributed by atoms with Gasteiger partial charge in [0, 0.05) is 11.3 Å². The first-order valence-corrected chi connectivity index (χ1v) is 11.2. The lowest BCUT2D eigenvalue weighted by atomic mass is 10.2. The van der Waals surface area contributed by atoms with Crippen LogP contribution in [0, 0.1) is 18.3 Å². The molecule has 0 radical (unpaired) electrons. The molecule has 0 spiro atoms. The Balaban J connectivity index is 1.57. The van der Waals surface area contributed by atoms with Gasteiger partial charge in [-0.1, -0.05) is 35.9 Å². The number of carbonyl (C=O) groups excluding carboxylic acids is 2. The highest BCUT2D eigenvalue weighted by molar-refractivity contribution is 7.92. The van der Waals surface area contributed by atoms with Crippen molar-refractivity contribution in [1.29, 1.82) is 5.26 Å². The van der Waals surface area contributed by atoms with Gasteiger partial charge >= 0.3 is 0 Å². The highest BCUT2D eigenvalue weighted by atomic mass is 32.2. The molecule has 0 aromatic heterocycles. The van der Waals surface area contributed by atoms with Crippen LogP contribution in [0.3, 0.4) is 0 Å². The third kappa shape index (κ3) is 6.32. The number of hydrogen-bond acceptors (Lipinski definition) is 6. The summed E-state index contributed by atoms with van der Waals surface area (Å²) in [4.78, 5) is 24.4. The van der Waals surface area contributed by atoms with Crippen LogP contribution in [0.1, 0.15) is 21.5 Å². The standard InChI is InChI=1S/C23H20N4O5S/c1-16-9-11-20(12-10-16)33(30,31)27-19-7-4-6-17(13-19)23(29)26-25-22(28)15-32-21-8-3-2-5-18(21)14-24/h2-13,27H,15H2,1H3,(H,25,28)(H,26,29). The number of benzene rings is 3. The average Bonchev–Trinajstić information content (AvgIpc) is 2.81. The Kier molecular flexibility index (Phi) is 7.27. The van der Waals surface area contributed by atoms with Crippen LogP contribution in [0.25, 0.3) is 0 Å². The van der Waals surface area contributed by atoms with Gasteiger partial charge in [-0.3, -0.25) is 25.2 Å². The Labute approximate surface area is 191 Å². The molecule has 0 saturated carbocycles. The van der Waals surface area contributed by atoms with Crippen molar-refractivity contribution < 1.29 is 22.7 Å². The van der Waals surface area contributed by atoms with E-state index in [1.165, 1.54) is 36.4 Å². The molecule has 3 rings (SSSR count). The minimum atomic E-state index is -3.83. The van der Waals surface area contributed by atoms with Gasteiger partial charge in [0.05, 0.1) is 10.5 Å². The molecule has 0 aliphatic heterocycles. The van der Waals surface area contributed by atoms with E-state index in [0.717, 1.165) is 5.56 Å². The molecule has 9 nitrogen and oxygen atoms in total. The Bertz CT molecular complexity index is 1320. The van der Waals surface area contributed by atoms with Crippen LogP contribution < -0.4 is 20.3 Å². The summed E-state index contributed by atoms with van der Waals surface area (Å²) in [6, 6.07) is 20.5. The van der Waals surface area contributed by atoms with Gasteiger partial charge in [0.1, 0.15) is 11.8 Å². The molecule has 0 bridgehead atoms. The van der Waals surface area contributed by atoms with Crippen LogP contribution in [-0.4, -0.2) is 26.8 Å². The lowest BCUT2D eigenvalue weighted by molar-refractivity contribution is -0.123. The molecule has 0 saturated heterocycles. The molecule has 0 heterocycles. The molecule has 0 aliphatic rings. The second kappa shape index (κ2) is 10.3. The van der Waals surface area contributed by atoms with E-state index in [1.807, 2.05) is 13.0 Å². The van der Waals surface area contributed by atoms with Crippen molar-refractivity contribution in [2.24, 2.45) is 0 Å². The van der Waals surface area contributed by atoms with E-state index in [1.54, 1.807) is 36.4 Å². The van der Waals surface area contributed by atoms with Crippen LogP contribution in [0.15, 0.2) is 77.7 Å². The van der Waals surface area contributed by atoms with Crippen LogP contribution in [-0.2, 0) is 14.8 Å². The Hall–Kier alpha value is -4.36. The fourth-order valence-corrected chi connectivity index (χ4v) is 3.77. The summed E-state index contributed by atoms with van der Waals surface area (Å²) in [6.45, 7) is 1.43. The lowest BCUT2D eigenvalue weighted by Gasteiger charge is -2.11. The number of sulfonamides is 1. The molecule has 3 aromatic rings. The number of amides is 2. The zero-order valence-corrected chi connectivity index (χ0v) is 18.3. The van der Waals surface area contributed by atoms with Crippen LogP contribution >= 0.6 is 0 Å². The largest absolute Gasteiger partial charge is 0.482 e. The molecule has 10 heteroatoms. The number of ether oxygens (including phenoxy) is 1. The molecule has 0 aliphatic carbocycles. The van der Waals surface area contributed by atoms with Crippen LogP contribution in [0.5, 0.6) is 5.75 Å². The minimum absolute atomic E-state index is 0.0909. The van der Waals surface area contributed by atoms with Gasteiger partial charge in [-0.2, -0.15) is 5.26 Å². The van der Waals surface area contributed by atoms with Gasteiger partial charge in [0.2, 0.25) is 0 Å². The van der Waals surface area contributed by atoms with Gasteiger partial charge < -0.3 is 4.74 Å².